The van der Waals surface area contributed by atoms with E-state index in [-0.39, 0.29) is 17.0 Å². The number of halogens is 1. The first-order valence-electron chi connectivity index (χ1n) is 11.2. The Morgan fingerprint density at radius 1 is 1.28 bits per heavy atom. The number of hydrogen-bond acceptors (Lipinski definition) is 12. The van der Waals surface area contributed by atoms with Crippen LogP contribution in [0.2, 0.25) is 5.28 Å². The zero-order valence-corrected chi connectivity index (χ0v) is 20.9. The van der Waals surface area contributed by atoms with E-state index in [9.17, 15) is 34.8 Å². The van der Waals surface area contributed by atoms with Crippen LogP contribution in [0.4, 0.5) is 5.82 Å². The van der Waals surface area contributed by atoms with Crippen molar-refractivity contribution < 1.29 is 49.0 Å². The molecule has 1 saturated heterocycles. The molecule has 4 rings (SSSR count). The summed E-state index contributed by atoms with van der Waals surface area (Å²) in [7, 11) is -4.21. The number of fused-ring (bicyclic) bond motifs is 1. The highest BCUT2D eigenvalue weighted by atomic mass is 35.5. The third-order valence-electron chi connectivity index (χ3n) is 6.45. The van der Waals surface area contributed by atoms with Gasteiger partial charge in [-0.05, 0) is 24.4 Å². The molecule has 1 aliphatic heterocycles. The van der Waals surface area contributed by atoms with Gasteiger partial charge < -0.3 is 49.7 Å². The number of aliphatic hydroxyl groups excluding tert-OH is 3. The molecular weight excluding hydrogens is 525 g/mol. The molecule has 202 valence electrons. The molecule has 2 aromatic heterocycles. The molecule has 3 heterocycles. The number of aromatic nitrogens is 4. The number of methoxy groups -OCH3 is 1. The number of nitrogens with one attached hydrogen (secondary N) is 1. The molecule has 1 unspecified atom stereocenters. The molecule has 36 heavy (non-hydrogen) atoms. The van der Waals surface area contributed by atoms with Gasteiger partial charge in [-0.3, -0.25) is 4.57 Å². The van der Waals surface area contributed by atoms with Crippen molar-refractivity contribution in [3.8, 4) is 0 Å². The van der Waals surface area contributed by atoms with Crippen LogP contribution in [0.1, 0.15) is 31.9 Å². The highest BCUT2D eigenvalue weighted by Crippen LogP contribution is 2.53. The third kappa shape index (κ3) is 5.11. The topological polar surface area (TPSA) is 222 Å². The Kier molecular flexibility index (Phi) is 8.19. The van der Waals surface area contributed by atoms with Gasteiger partial charge in [0.05, 0.1) is 24.8 Å². The normalized spacial score (nSPS) is 27.2. The Hall–Kier alpha value is -1.49. The quantitative estimate of drug-likeness (QED) is 0.110. The van der Waals surface area contributed by atoms with Crippen LogP contribution < -0.4 is 5.32 Å². The van der Waals surface area contributed by atoms with Crippen molar-refractivity contribution in [3.63, 3.8) is 0 Å². The fourth-order valence-electron chi connectivity index (χ4n) is 4.47. The average molecular weight is 554 g/mol. The maximum absolute atomic E-state index is 12.0. The molecule has 0 spiro atoms. The van der Waals surface area contributed by atoms with Gasteiger partial charge in [-0.25, -0.2) is 4.68 Å². The molecule has 17 heteroatoms. The van der Waals surface area contributed by atoms with Crippen molar-refractivity contribution in [1.82, 2.24) is 19.7 Å². The number of rotatable bonds is 10. The van der Waals surface area contributed by atoms with Crippen LogP contribution in [0, 0.1) is 0 Å². The van der Waals surface area contributed by atoms with Crippen LogP contribution in [-0.2, 0) is 18.8 Å². The van der Waals surface area contributed by atoms with Crippen LogP contribution in [0.3, 0.4) is 0 Å². The highest BCUT2D eigenvalue weighted by Gasteiger charge is 2.56. The molecule has 0 radical (unpaired) electrons. The Bertz CT molecular complexity index is 1110. The van der Waals surface area contributed by atoms with E-state index >= 15 is 0 Å². The SMILES string of the molecule is COCC(OC[C@H]1O[C@@H](n2ncc3c(NC4CCCC4)nc(Cl)nc32)[C@H](O)[C@@H]1O)(C(O)O)P(=O)(O)O. The zero-order chi connectivity index (χ0) is 26.3. The minimum atomic E-state index is -5.29. The Labute approximate surface area is 210 Å². The maximum atomic E-state index is 12.0. The maximum Gasteiger partial charge on any atom is 0.364 e. The van der Waals surface area contributed by atoms with Crippen molar-refractivity contribution in [1.29, 1.82) is 0 Å². The molecule has 1 saturated carbocycles. The first-order valence-corrected chi connectivity index (χ1v) is 13.2. The molecule has 2 aromatic rings. The fraction of sp³-hybridized carbons (Fsp3) is 0.737. The van der Waals surface area contributed by atoms with E-state index in [1.807, 2.05) is 0 Å². The summed E-state index contributed by atoms with van der Waals surface area (Å²) in [5, 5.41) is 45.7. The van der Waals surface area contributed by atoms with Gasteiger partial charge in [0, 0.05) is 13.2 Å². The second-order valence-electron chi connectivity index (χ2n) is 8.85. The smallest absolute Gasteiger partial charge is 0.364 e. The lowest BCUT2D eigenvalue weighted by atomic mass is 10.1. The van der Waals surface area contributed by atoms with E-state index < -0.39 is 57.0 Å². The summed E-state index contributed by atoms with van der Waals surface area (Å²) >= 11 is 6.13. The average Bonchev–Trinajstić information content (AvgIpc) is 3.52. The third-order valence-corrected chi connectivity index (χ3v) is 8.09. The molecule has 15 nitrogen and oxygen atoms in total. The van der Waals surface area contributed by atoms with Gasteiger partial charge >= 0.3 is 7.60 Å². The van der Waals surface area contributed by atoms with E-state index in [0.29, 0.717) is 11.2 Å². The molecule has 7 N–H and O–H groups in total. The zero-order valence-electron chi connectivity index (χ0n) is 19.2. The van der Waals surface area contributed by atoms with E-state index in [2.05, 4.69) is 20.4 Å². The van der Waals surface area contributed by atoms with Gasteiger partial charge in [-0.2, -0.15) is 15.1 Å². The molecule has 5 atom stereocenters. The molecule has 2 aliphatic rings. The predicted octanol–water partition coefficient (Wildman–Crippen LogP) is -0.699. The van der Waals surface area contributed by atoms with Crippen molar-refractivity contribution in [2.75, 3.05) is 25.6 Å². The number of hydrogen-bond donors (Lipinski definition) is 7. The van der Waals surface area contributed by atoms with Crippen LogP contribution in [-0.4, -0.2) is 106 Å². The van der Waals surface area contributed by atoms with Crippen molar-refractivity contribution in [3.05, 3.63) is 11.5 Å². The highest BCUT2D eigenvalue weighted by molar-refractivity contribution is 7.53. The van der Waals surface area contributed by atoms with Gasteiger partial charge in [0.15, 0.2) is 18.2 Å². The molecule has 2 fully saturated rings. The summed E-state index contributed by atoms with van der Waals surface area (Å²) in [5.41, 5.74) is 0.225. The second kappa shape index (κ2) is 10.7. The summed E-state index contributed by atoms with van der Waals surface area (Å²) in [4.78, 5) is 27.8. The molecule has 0 aromatic carbocycles. The molecular formula is C19H29ClN5O10P. The van der Waals surface area contributed by atoms with E-state index in [0.717, 1.165) is 32.8 Å². The van der Waals surface area contributed by atoms with Crippen LogP contribution in [0.15, 0.2) is 6.20 Å². The van der Waals surface area contributed by atoms with E-state index in [1.54, 1.807) is 0 Å². The number of nitrogens with zero attached hydrogens (tertiary/aromatic N) is 4. The Balaban J connectivity index is 1.57. The first-order chi connectivity index (χ1) is 17.0. The lowest BCUT2D eigenvalue weighted by Gasteiger charge is -2.35. The standard InChI is InChI=1S/C19H29ClN5O10P/c1-33-8-19(17(28)29,36(30,31)32)34-7-11-12(26)13(27)16(35-11)25-15-10(6-21-25)14(23-18(20)24-15)22-9-4-2-3-5-9/h6,9,11-13,16-17,26-29H,2-5,7-8H2,1H3,(H,22,23,24)(H2,30,31,32)/t11-,12-,13-,16-,19?/m1/s1. The minimum Gasteiger partial charge on any atom is -0.387 e. The molecule has 0 bridgehead atoms. The largest absolute Gasteiger partial charge is 0.387 e. The van der Waals surface area contributed by atoms with Gasteiger partial charge in [0.2, 0.25) is 10.6 Å². The summed E-state index contributed by atoms with van der Waals surface area (Å²) in [6.45, 7) is -1.61. The monoisotopic (exact) mass is 553 g/mol. The fourth-order valence-corrected chi connectivity index (χ4v) is 5.48. The van der Waals surface area contributed by atoms with E-state index in [1.165, 1.54) is 10.9 Å². The second-order valence-corrected chi connectivity index (χ2v) is 11.0. The summed E-state index contributed by atoms with van der Waals surface area (Å²) in [6, 6.07) is 0.224. The van der Waals surface area contributed by atoms with Crippen LogP contribution in [0.5, 0.6) is 0 Å². The summed E-state index contributed by atoms with van der Waals surface area (Å²) in [5.74, 6) is 0.471. The van der Waals surface area contributed by atoms with Crippen molar-refractivity contribution in [2.45, 2.75) is 67.9 Å². The number of aliphatic hydroxyl groups is 4. The first kappa shape index (κ1) is 27.5. The minimum absolute atomic E-state index is 0.0689. The number of anilines is 1. The van der Waals surface area contributed by atoms with Crippen molar-refractivity contribution in [2.24, 2.45) is 0 Å². The Morgan fingerprint density at radius 3 is 2.58 bits per heavy atom. The lowest BCUT2D eigenvalue weighted by molar-refractivity contribution is -0.207. The van der Waals surface area contributed by atoms with Gasteiger partial charge in [-0.15, -0.1) is 0 Å². The van der Waals surface area contributed by atoms with Gasteiger partial charge in [0.1, 0.15) is 24.1 Å². The molecule has 0 amide bonds. The summed E-state index contributed by atoms with van der Waals surface area (Å²) < 4.78 is 28.8. The summed E-state index contributed by atoms with van der Waals surface area (Å²) in [6.07, 6.45) is -2.74. The van der Waals surface area contributed by atoms with Crippen LogP contribution in [0.25, 0.3) is 11.0 Å². The predicted molar refractivity (Wildman–Crippen MR) is 123 cm³/mol. The Morgan fingerprint density at radius 2 is 1.97 bits per heavy atom. The molecule has 1 aliphatic carbocycles. The van der Waals surface area contributed by atoms with Crippen molar-refractivity contribution >= 4 is 36.0 Å². The van der Waals surface area contributed by atoms with Gasteiger partial charge in [0.25, 0.3) is 0 Å². The number of ether oxygens (including phenoxy) is 3. The lowest BCUT2D eigenvalue weighted by Crippen LogP contribution is -2.50. The van der Waals surface area contributed by atoms with E-state index in [4.69, 9.17) is 25.8 Å². The van der Waals surface area contributed by atoms with Gasteiger partial charge in [-0.1, -0.05) is 12.8 Å². The van der Waals surface area contributed by atoms with Crippen LogP contribution >= 0.6 is 19.2 Å².